The average Bonchev–Trinajstić information content (AvgIpc) is 2.88. The van der Waals surface area contributed by atoms with Gasteiger partial charge in [0.2, 0.25) is 0 Å². The topological polar surface area (TPSA) is 85.9 Å². The van der Waals surface area contributed by atoms with Crippen molar-refractivity contribution < 1.29 is 23.8 Å². The number of carbonyl (C=O) groups is 2. The lowest BCUT2D eigenvalue weighted by Gasteiger charge is -2.29. The molecule has 0 saturated heterocycles. The molecule has 3 aromatic rings. The molecule has 0 spiro atoms. The van der Waals surface area contributed by atoms with Gasteiger partial charge in [0.15, 0.2) is 0 Å². The second-order valence-corrected chi connectivity index (χ2v) is 8.13. The number of benzene rings is 3. The fourth-order valence-corrected chi connectivity index (χ4v) is 3.98. The highest BCUT2D eigenvalue weighted by atomic mass is 35.5. The van der Waals surface area contributed by atoms with E-state index in [-0.39, 0.29) is 13.2 Å². The van der Waals surface area contributed by atoms with Crippen molar-refractivity contribution in [2.45, 2.75) is 19.6 Å². The van der Waals surface area contributed by atoms with Gasteiger partial charge in [0.1, 0.15) is 18.1 Å². The standard InChI is InChI=1S/C27H25ClN2O5/c1-3-34-26(31)23-24(17-11-13-20(33-2)14-12-17)29-27(32)30-25(23)18-8-6-9-21(15-18)35-16-19-7-4-5-10-22(19)28/h4-15,25H,3,16H2,1-2H3,(H2,29,30,32). The van der Waals surface area contributed by atoms with Gasteiger partial charge >= 0.3 is 12.0 Å². The normalized spacial score (nSPS) is 15.2. The number of esters is 1. The van der Waals surface area contributed by atoms with Crippen molar-refractivity contribution in [3.63, 3.8) is 0 Å². The molecule has 4 rings (SSSR count). The molecule has 0 aliphatic carbocycles. The van der Waals surface area contributed by atoms with Crippen LogP contribution in [0, 0.1) is 0 Å². The molecule has 1 aliphatic rings. The molecule has 0 saturated carbocycles. The van der Waals surface area contributed by atoms with Crippen molar-refractivity contribution in [3.8, 4) is 11.5 Å². The zero-order valence-corrected chi connectivity index (χ0v) is 20.1. The average molecular weight is 493 g/mol. The Bertz CT molecular complexity index is 1260. The summed E-state index contributed by atoms with van der Waals surface area (Å²) in [5, 5.41) is 6.23. The zero-order chi connectivity index (χ0) is 24.8. The summed E-state index contributed by atoms with van der Waals surface area (Å²) in [5.41, 5.74) is 2.84. The van der Waals surface area contributed by atoms with Crippen LogP contribution >= 0.6 is 11.6 Å². The van der Waals surface area contributed by atoms with E-state index in [0.717, 1.165) is 5.56 Å². The van der Waals surface area contributed by atoms with Crippen molar-refractivity contribution in [3.05, 3.63) is 100 Å². The number of urea groups is 1. The van der Waals surface area contributed by atoms with Gasteiger partial charge in [0.05, 0.1) is 31.0 Å². The van der Waals surface area contributed by atoms with Crippen LogP contribution in [0.1, 0.15) is 29.7 Å². The quantitative estimate of drug-likeness (QED) is 0.419. The third-order valence-corrected chi connectivity index (χ3v) is 5.86. The highest BCUT2D eigenvalue weighted by Gasteiger charge is 2.34. The molecule has 180 valence electrons. The molecule has 2 N–H and O–H groups in total. The number of halogens is 1. The van der Waals surface area contributed by atoms with Gasteiger partial charge in [-0.3, -0.25) is 0 Å². The van der Waals surface area contributed by atoms with Crippen LogP contribution in [-0.2, 0) is 16.1 Å². The van der Waals surface area contributed by atoms with Crippen molar-refractivity contribution in [2.75, 3.05) is 13.7 Å². The van der Waals surface area contributed by atoms with E-state index in [1.807, 2.05) is 24.3 Å². The summed E-state index contributed by atoms with van der Waals surface area (Å²) in [7, 11) is 1.57. The van der Waals surface area contributed by atoms with E-state index < -0.39 is 18.0 Å². The van der Waals surface area contributed by atoms with E-state index in [4.69, 9.17) is 25.8 Å². The zero-order valence-electron chi connectivity index (χ0n) is 19.3. The molecular weight excluding hydrogens is 468 g/mol. The molecule has 1 atom stereocenters. The highest BCUT2D eigenvalue weighted by Crippen LogP contribution is 2.34. The predicted molar refractivity (Wildman–Crippen MR) is 133 cm³/mol. The number of methoxy groups -OCH3 is 1. The van der Waals surface area contributed by atoms with Crippen LogP contribution in [-0.4, -0.2) is 25.7 Å². The minimum absolute atomic E-state index is 0.194. The number of rotatable bonds is 8. The summed E-state index contributed by atoms with van der Waals surface area (Å²) in [6, 6.07) is 20.6. The van der Waals surface area contributed by atoms with Gasteiger partial charge in [-0.05, 0) is 60.5 Å². The molecule has 1 aliphatic heterocycles. The molecule has 8 heteroatoms. The van der Waals surface area contributed by atoms with Crippen molar-refractivity contribution in [2.24, 2.45) is 0 Å². The number of hydrogen-bond acceptors (Lipinski definition) is 5. The SMILES string of the molecule is CCOC(=O)C1=C(c2ccc(OC)cc2)NC(=O)NC1c1cccc(OCc2ccccc2Cl)c1. The van der Waals surface area contributed by atoms with Crippen LogP contribution in [0.5, 0.6) is 11.5 Å². The van der Waals surface area contributed by atoms with E-state index in [9.17, 15) is 9.59 Å². The van der Waals surface area contributed by atoms with Gasteiger partial charge < -0.3 is 24.8 Å². The van der Waals surface area contributed by atoms with Crippen LogP contribution in [0.2, 0.25) is 5.02 Å². The van der Waals surface area contributed by atoms with Gasteiger partial charge in [0, 0.05) is 10.6 Å². The Kier molecular flexibility index (Phi) is 7.57. The summed E-state index contributed by atoms with van der Waals surface area (Å²) in [5.74, 6) is 0.704. The lowest BCUT2D eigenvalue weighted by atomic mass is 9.92. The predicted octanol–water partition coefficient (Wildman–Crippen LogP) is 5.26. The number of amides is 2. The molecular formula is C27H25ClN2O5. The maximum absolute atomic E-state index is 13.1. The van der Waals surface area contributed by atoms with E-state index >= 15 is 0 Å². The molecule has 2 amide bonds. The van der Waals surface area contributed by atoms with E-state index in [1.54, 1.807) is 62.6 Å². The van der Waals surface area contributed by atoms with Gasteiger partial charge in [-0.2, -0.15) is 0 Å². The molecule has 1 heterocycles. The van der Waals surface area contributed by atoms with Gasteiger partial charge in [-0.15, -0.1) is 0 Å². The number of ether oxygens (including phenoxy) is 3. The molecule has 0 bridgehead atoms. The summed E-state index contributed by atoms with van der Waals surface area (Å²) < 4.78 is 16.5. The number of nitrogens with one attached hydrogen (secondary N) is 2. The summed E-state index contributed by atoms with van der Waals surface area (Å²) in [4.78, 5) is 25.7. The van der Waals surface area contributed by atoms with Crippen LogP contribution < -0.4 is 20.1 Å². The van der Waals surface area contributed by atoms with E-state index in [0.29, 0.717) is 38.9 Å². The Morgan fingerprint density at radius 3 is 2.49 bits per heavy atom. The number of hydrogen-bond donors (Lipinski definition) is 2. The van der Waals surface area contributed by atoms with Crippen LogP contribution in [0.4, 0.5) is 4.79 Å². The Morgan fingerprint density at radius 1 is 1.00 bits per heavy atom. The largest absolute Gasteiger partial charge is 0.497 e. The van der Waals surface area contributed by atoms with Crippen LogP contribution in [0.3, 0.4) is 0 Å². The van der Waals surface area contributed by atoms with Crippen LogP contribution in [0.25, 0.3) is 5.70 Å². The minimum Gasteiger partial charge on any atom is -0.497 e. The molecule has 7 nitrogen and oxygen atoms in total. The first-order valence-corrected chi connectivity index (χ1v) is 11.5. The number of carbonyl (C=O) groups excluding carboxylic acids is 2. The fourth-order valence-electron chi connectivity index (χ4n) is 3.79. The Hall–Kier alpha value is -3.97. The Labute approximate surface area is 208 Å². The smallest absolute Gasteiger partial charge is 0.338 e. The van der Waals surface area contributed by atoms with Crippen molar-refractivity contribution >= 4 is 29.3 Å². The van der Waals surface area contributed by atoms with Crippen LogP contribution in [0.15, 0.2) is 78.4 Å². The Morgan fingerprint density at radius 2 is 1.77 bits per heavy atom. The third-order valence-electron chi connectivity index (χ3n) is 5.49. The fraction of sp³-hybridized carbons (Fsp3) is 0.185. The molecule has 0 fully saturated rings. The third kappa shape index (κ3) is 5.58. The maximum atomic E-state index is 13.1. The molecule has 0 aromatic heterocycles. The first-order valence-electron chi connectivity index (χ1n) is 11.1. The lowest BCUT2D eigenvalue weighted by molar-refractivity contribution is -0.138. The molecule has 0 radical (unpaired) electrons. The monoisotopic (exact) mass is 492 g/mol. The second kappa shape index (κ2) is 11.0. The summed E-state index contributed by atoms with van der Waals surface area (Å²) in [6.07, 6.45) is 0. The first kappa shape index (κ1) is 24.2. The van der Waals surface area contributed by atoms with E-state index in [2.05, 4.69) is 10.6 Å². The second-order valence-electron chi connectivity index (χ2n) is 7.72. The first-order chi connectivity index (χ1) is 17.0. The van der Waals surface area contributed by atoms with Crippen molar-refractivity contribution in [1.29, 1.82) is 0 Å². The van der Waals surface area contributed by atoms with Gasteiger partial charge in [0.25, 0.3) is 0 Å². The summed E-state index contributed by atoms with van der Waals surface area (Å²) in [6.45, 7) is 2.21. The molecule has 3 aromatic carbocycles. The lowest BCUT2D eigenvalue weighted by Crippen LogP contribution is -2.45. The maximum Gasteiger partial charge on any atom is 0.338 e. The summed E-state index contributed by atoms with van der Waals surface area (Å²) >= 11 is 6.24. The van der Waals surface area contributed by atoms with E-state index in [1.165, 1.54) is 0 Å². The highest BCUT2D eigenvalue weighted by molar-refractivity contribution is 6.31. The molecule has 1 unspecified atom stereocenters. The van der Waals surface area contributed by atoms with Gasteiger partial charge in [-0.1, -0.05) is 41.9 Å². The Balaban J connectivity index is 1.70. The molecule has 35 heavy (non-hydrogen) atoms. The van der Waals surface area contributed by atoms with Crippen molar-refractivity contribution in [1.82, 2.24) is 10.6 Å². The minimum atomic E-state index is -0.747. The van der Waals surface area contributed by atoms with Gasteiger partial charge in [-0.25, -0.2) is 9.59 Å².